The molecule has 0 aromatic heterocycles. The van der Waals surface area contributed by atoms with E-state index in [1.807, 2.05) is 0 Å². The molecule has 1 aliphatic heterocycles. The summed E-state index contributed by atoms with van der Waals surface area (Å²) in [7, 11) is 0. The number of aliphatic hydroxyl groups excluding tert-OH is 1. The molecule has 1 aromatic carbocycles. The number of carboxylic acids is 1. The van der Waals surface area contributed by atoms with Crippen molar-refractivity contribution in [3.63, 3.8) is 0 Å². The third kappa shape index (κ3) is 6.65. The SMILES string of the molecule is CC(C)C1=C2[C@H]3CC[C@@H]4C5(C)CC[C@H](OC(=O)CC(C)(C)C(=O)O)C(C)(C)[C@@H]5CC[C@@]4(C)[C@]3(C)CC[C@@]2([C@H](O)CN2CCC(Cc3ccccc3)CC2)CC1=O. The first-order valence-electron chi connectivity index (χ1n) is 22.3. The molecule has 7 nitrogen and oxygen atoms in total. The van der Waals surface area contributed by atoms with Crippen LogP contribution in [0.1, 0.15) is 145 Å². The quantitative estimate of drug-likeness (QED) is 0.228. The first-order chi connectivity index (χ1) is 26.2. The second-order valence-electron chi connectivity index (χ2n) is 22.0. The second-order valence-corrected chi connectivity index (χ2v) is 22.0. The lowest BCUT2D eigenvalue weighted by atomic mass is 9.33. The zero-order chi connectivity index (χ0) is 40.6. The van der Waals surface area contributed by atoms with Gasteiger partial charge in [0.2, 0.25) is 0 Å². The maximum atomic E-state index is 14.2. The largest absolute Gasteiger partial charge is 0.481 e. The number of ketones is 1. The maximum absolute atomic E-state index is 14.2. The number of likely N-dealkylation sites (tertiary alicyclic amines) is 1. The van der Waals surface area contributed by atoms with E-state index in [1.165, 1.54) is 11.1 Å². The highest BCUT2D eigenvalue weighted by Crippen LogP contribution is 2.77. The Morgan fingerprint density at radius 2 is 1.55 bits per heavy atom. The Kier molecular flexibility index (Phi) is 10.9. The van der Waals surface area contributed by atoms with Gasteiger partial charge in [0.25, 0.3) is 0 Å². The zero-order valence-corrected chi connectivity index (χ0v) is 36.2. The average molecular weight is 772 g/mol. The van der Waals surface area contributed by atoms with E-state index >= 15 is 0 Å². The number of Topliss-reactive ketones (excluding diaryl/α,β-unsaturated/α-hetero) is 1. The van der Waals surface area contributed by atoms with Gasteiger partial charge in [-0.05, 0) is 155 Å². The third-order valence-corrected chi connectivity index (χ3v) is 18.0. The molecule has 1 unspecified atom stereocenters. The van der Waals surface area contributed by atoms with Gasteiger partial charge in [-0.15, -0.1) is 0 Å². The minimum atomic E-state index is -1.16. The third-order valence-electron chi connectivity index (χ3n) is 18.0. The number of hydrogen-bond donors (Lipinski definition) is 2. The molecule has 5 fully saturated rings. The number of aliphatic carboxylic acids is 1. The molecule has 6 aliphatic rings. The van der Waals surface area contributed by atoms with Gasteiger partial charge in [-0.2, -0.15) is 0 Å². The van der Waals surface area contributed by atoms with Crippen molar-refractivity contribution in [2.24, 2.45) is 62.1 Å². The van der Waals surface area contributed by atoms with Gasteiger partial charge < -0.3 is 19.8 Å². The molecular formula is C49H73NO6. The average Bonchev–Trinajstić information content (AvgIpc) is 3.44. The van der Waals surface area contributed by atoms with Crippen molar-refractivity contribution in [2.45, 2.75) is 158 Å². The first kappa shape index (κ1) is 41.6. The van der Waals surface area contributed by atoms with Crippen LogP contribution >= 0.6 is 0 Å². The molecule has 1 aromatic rings. The van der Waals surface area contributed by atoms with Crippen molar-refractivity contribution in [3.8, 4) is 0 Å². The van der Waals surface area contributed by atoms with Gasteiger partial charge in [-0.3, -0.25) is 14.4 Å². The van der Waals surface area contributed by atoms with E-state index in [2.05, 4.69) is 83.7 Å². The summed E-state index contributed by atoms with van der Waals surface area (Å²) in [5, 5.41) is 22.2. The number of piperidine rings is 1. The van der Waals surface area contributed by atoms with Gasteiger partial charge in [-0.1, -0.05) is 84.4 Å². The van der Waals surface area contributed by atoms with Crippen LogP contribution in [0.4, 0.5) is 0 Å². The normalized spacial score (nSPS) is 38.0. The summed E-state index contributed by atoms with van der Waals surface area (Å²) in [5.74, 6) is 0.881. The number of carbonyl (C=O) groups is 3. The fraction of sp³-hybridized carbons (Fsp3) is 0.776. The Bertz CT molecular complexity index is 1710. The lowest BCUT2D eigenvalue weighted by Crippen LogP contribution is -2.66. The van der Waals surface area contributed by atoms with E-state index in [1.54, 1.807) is 13.8 Å². The lowest BCUT2D eigenvalue weighted by Gasteiger charge is -2.72. The standard InChI is InChI=1S/C49H73NO6/c1-31(2)41-35(51)28-49(38(52)30-50-25-19-33(20-26-50)27-32-13-11-10-12-14-32)24-23-47(8)34(42(41)49)15-16-37-46(7)21-18-39(56-40(53)29-44(3,4)43(54)55)45(5,6)36(46)17-22-48(37,47)9/h10-14,31,33-34,36-39,52H,15-30H2,1-9H3,(H,54,55)/t34-,36+,37-,38-,39+,46?,47-,48-,49+/m1/s1. The van der Waals surface area contributed by atoms with Crippen molar-refractivity contribution in [2.75, 3.05) is 19.6 Å². The number of hydrogen-bond acceptors (Lipinski definition) is 6. The number of benzene rings is 1. The highest BCUT2D eigenvalue weighted by atomic mass is 16.5. The second kappa shape index (κ2) is 14.6. The summed E-state index contributed by atoms with van der Waals surface area (Å²) in [4.78, 5) is 41.6. The molecule has 9 atom stereocenters. The van der Waals surface area contributed by atoms with E-state index in [9.17, 15) is 24.6 Å². The molecule has 5 aliphatic carbocycles. The van der Waals surface area contributed by atoms with Gasteiger partial charge in [0, 0.05) is 23.8 Å². The molecule has 0 bridgehead atoms. The first-order valence-corrected chi connectivity index (χ1v) is 22.3. The highest BCUT2D eigenvalue weighted by molar-refractivity contribution is 6.00. The minimum absolute atomic E-state index is 0.0128. The summed E-state index contributed by atoms with van der Waals surface area (Å²) in [6, 6.07) is 10.8. The molecule has 56 heavy (non-hydrogen) atoms. The van der Waals surface area contributed by atoms with Crippen LogP contribution in [0, 0.1) is 62.1 Å². The van der Waals surface area contributed by atoms with Crippen LogP contribution in [0.5, 0.6) is 0 Å². The Labute approximate surface area is 337 Å². The fourth-order valence-corrected chi connectivity index (χ4v) is 14.7. The molecule has 4 saturated carbocycles. The highest BCUT2D eigenvalue weighted by Gasteiger charge is 2.71. The van der Waals surface area contributed by atoms with Crippen molar-refractivity contribution in [1.82, 2.24) is 4.90 Å². The van der Waals surface area contributed by atoms with Crippen LogP contribution in [-0.2, 0) is 25.5 Å². The van der Waals surface area contributed by atoms with Crippen LogP contribution in [0.2, 0.25) is 0 Å². The maximum Gasteiger partial charge on any atom is 0.309 e. The lowest BCUT2D eigenvalue weighted by molar-refractivity contribution is -0.235. The van der Waals surface area contributed by atoms with E-state index < -0.39 is 28.9 Å². The number of carbonyl (C=O) groups excluding carboxylic acids is 2. The van der Waals surface area contributed by atoms with Crippen LogP contribution in [-0.4, -0.2) is 64.7 Å². The molecule has 0 radical (unpaired) electrons. The van der Waals surface area contributed by atoms with Gasteiger partial charge >= 0.3 is 11.9 Å². The molecule has 1 heterocycles. The van der Waals surface area contributed by atoms with Crippen LogP contribution in [0.15, 0.2) is 41.5 Å². The number of nitrogens with zero attached hydrogens (tertiary/aromatic N) is 1. The van der Waals surface area contributed by atoms with Crippen LogP contribution < -0.4 is 0 Å². The number of aliphatic hydroxyl groups is 1. The van der Waals surface area contributed by atoms with Gasteiger partial charge in [0.1, 0.15) is 6.10 Å². The van der Waals surface area contributed by atoms with Crippen molar-refractivity contribution >= 4 is 17.7 Å². The number of carboxylic acid groups (broad SMARTS) is 1. The Morgan fingerprint density at radius 1 is 0.875 bits per heavy atom. The molecule has 0 amide bonds. The smallest absolute Gasteiger partial charge is 0.309 e. The zero-order valence-electron chi connectivity index (χ0n) is 36.2. The summed E-state index contributed by atoms with van der Waals surface area (Å²) < 4.78 is 6.19. The van der Waals surface area contributed by atoms with Crippen LogP contribution in [0.3, 0.4) is 0 Å². The summed E-state index contributed by atoms with van der Waals surface area (Å²) in [6.45, 7) is 22.5. The van der Waals surface area contributed by atoms with Crippen molar-refractivity contribution in [1.29, 1.82) is 0 Å². The number of β-amino-alcohol motifs (C(OH)–C–C–N with tert-alkyl or cyclic N) is 1. The molecule has 7 heteroatoms. The van der Waals surface area contributed by atoms with Crippen molar-refractivity contribution in [3.05, 3.63) is 47.0 Å². The molecule has 310 valence electrons. The van der Waals surface area contributed by atoms with Gasteiger partial charge in [0.15, 0.2) is 5.78 Å². The summed E-state index contributed by atoms with van der Waals surface area (Å²) in [6.07, 6.45) is 11.0. The molecule has 0 spiro atoms. The number of rotatable bonds is 10. The number of fused-ring (bicyclic) bond motifs is 7. The van der Waals surface area contributed by atoms with E-state index in [0.717, 1.165) is 89.3 Å². The predicted molar refractivity (Wildman–Crippen MR) is 221 cm³/mol. The monoisotopic (exact) mass is 772 g/mol. The van der Waals surface area contributed by atoms with Crippen molar-refractivity contribution < 1.29 is 29.3 Å². The minimum Gasteiger partial charge on any atom is -0.481 e. The summed E-state index contributed by atoms with van der Waals surface area (Å²) >= 11 is 0. The molecule has 1 saturated heterocycles. The van der Waals surface area contributed by atoms with E-state index in [-0.39, 0.29) is 51.8 Å². The Hall–Kier alpha value is -2.51. The predicted octanol–water partition coefficient (Wildman–Crippen LogP) is 9.70. The number of ether oxygens (including phenoxy) is 1. The van der Waals surface area contributed by atoms with E-state index in [0.29, 0.717) is 30.7 Å². The van der Waals surface area contributed by atoms with E-state index in [4.69, 9.17) is 4.74 Å². The topological polar surface area (TPSA) is 104 Å². The molecule has 2 N–H and O–H groups in total. The number of esters is 1. The van der Waals surface area contributed by atoms with Crippen LogP contribution in [0.25, 0.3) is 0 Å². The fourth-order valence-electron chi connectivity index (χ4n) is 14.7. The summed E-state index contributed by atoms with van der Waals surface area (Å²) in [5.41, 5.74) is 2.11. The Balaban J connectivity index is 1.10. The molecule has 7 rings (SSSR count). The molecular weight excluding hydrogens is 699 g/mol. The number of allylic oxidation sites excluding steroid dienone is 1. The Morgan fingerprint density at radius 3 is 2.20 bits per heavy atom. The van der Waals surface area contributed by atoms with Gasteiger partial charge in [-0.25, -0.2) is 0 Å². The van der Waals surface area contributed by atoms with Gasteiger partial charge in [0.05, 0.1) is 17.9 Å².